The molecule has 1 aliphatic rings. The van der Waals surface area contributed by atoms with Crippen molar-refractivity contribution in [3.8, 4) is 22.6 Å². The highest BCUT2D eigenvalue weighted by Gasteiger charge is 2.19. The molecule has 0 atom stereocenters. The highest BCUT2D eigenvalue weighted by Crippen LogP contribution is 2.26. The second-order valence-electron chi connectivity index (χ2n) is 8.62. The summed E-state index contributed by atoms with van der Waals surface area (Å²) >= 11 is 1.41. The van der Waals surface area contributed by atoms with Gasteiger partial charge < -0.3 is 4.90 Å². The fourth-order valence-corrected chi connectivity index (χ4v) is 5.17. The molecule has 0 unspecified atom stereocenters. The Hall–Kier alpha value is -3.76. The van der Waals surface area contributed by atoms with Crippen molar-refractivity contribution in [1.82, 2.24) is 39.7 Å². The molecule has 1 saturated heterocycles. The standard InChI is InChI=1S/C25H24N8OS/c34-23(22-8-5-15-35-22)20-17-27-33-21(9-10-26-25(20)33)18-6-4-7-19(16-18)24-28-30-32(29-24)14-13-31-11-2-1-3-12-31/h4-10,15-17H,1-3,11-14H2. The molecule has 0 bridgehead atoms. The van der Waals surface area contributed by atoms with Gasteiger partial charge in [0.1, 0.15) is 0 Å². The number of benzene rings is 1. The van der Waals surface area contributed by atoms with Crippen molar-refractivity contribution < 1.29 is 4.79 Å². The molecule has 0 spiro atoms. The highest BCUT2D eigenvalue weighted by atomic mass is 32.1. The third-order valence-electron chi connectivity index (χ3n) is 6.33. The molecule has 35 heavy (non-hydrogen) atoms. The van der Waals surface area contributed by atoms with Gasteiger partial charge in [0.05, 0.1) is 28.9 Å². The Morgan fingerprint density at radius 1 is 1.00 bits per heavy atom. The minimum atomic E-state index is -0.0706. The van der Waals surface area contributed by atoms with Crippen molar-refractivity contribution in [1.29, 1.82) is 0 Å². The van der Waals surface area contributed by atoms with E-state index in [1.807, 2.05) is 47.8 Å². The Balaban J connectivity index is 1.26. The molecule has 4 aromatic heterocycles. The lowest BCUT2D eigenvalue weighted by Gasteiger charge is -2.25. The number of hydrogen-bond donors (Lipinski definition) is 0. The molecule has 1 aromatic carbocycles. The van der Waals surface area contributed by atoms with Crippen LogP contribution in [0.2, 0.25) is 0 Å². The van der Waals surface area contributed by atoms with Crippen molar-refractivity contribution in [2.75, 3.05) is 19.6 Å². The highest BCUT2D eigenvalue weighted by molar-refractivity contribution is 7.12. The van der Waals surface area contributed by atoms with E-state index in [1.54, 1.807) is 21.7 Å². The van der Waals surface area contributed by atoms with Crippen LogP contribution in [0.25, 0.3) is 28.3 Å². The summed E-state index contributed by atoms with van der Waals surface area (Å²) in [7, 11) is 0. The van der Waals surface area contributed by atoms with Crippen molar-refractivity contribution in [2.45, 2.75) is 25.8 Å². The number of ketones is 1. The Morgan fingerprint density at radius 2 is 1.89 bits per heavy atom. The SMILES string of the molecule is O=C(c1cccs1)c1cnn2c(-c3cccc(-c4nnn(CCN5CCCCC5)n4)c3)ccnc12. The first-order valence-electron chi connectivity index (χ1n) is 11.8. The maximum Gasteiger partial charge on any atom is 0.208 e. The summed E-state index contributed by atoms with van der Waals surface area (Å²) in [5.41, 5.74) is 3.66. The summed E-state index contributed by atoms with van der Waals surface area (Å²) in [6.45, 7) is 3.97. The smallest absolute Gasteiger partial charge is 0.208 e. The molecule has 0 aliphatic carbocycles. The fourth-order valence-electron chi connectivity index (χ4n) is 4.50. The molecule has 0 saturated carbocycles. The van der Waals surface area contributed by atoms with E-state index < -0.39 is 0 Å². The summed E-state index contributed by atoms with van der Waals surface area (Å²) in [6, 6.07) is 13.5. The van der Waals surface area contributed by atoms with Gasteiger partial charge in [0, 0.05) is 23.9 Å². The Bertz CT molecular complexity index is 1470. The normalized spacial score (nSPS) is 14.5. The predicted molar refractivity (Wildman–Crippen MR) is 133 cm³/mol. The Labute approximate surface area is 206 Å². The molecule has 0 radical (unpaired) electrons. The van der Waals surface area contributed by atoms with Crippen LogP contribution in [0.4, 0.5) is 0 Å². The first-order valence-corrected chi connectivity index (χ1v) is 12.7. The molecule has 1 aliphatic heterocycles. The zero-order valence-electron chi connectivity index (χ0n) is 19.1. The monoisotopic (exact) mass is 484 g/mol. The number of aromatic nitrogens is 7. The minimum absolute atomic E-state index is 0.0706. The second-order valence-corrected chi connectivity index (χ2v) is 9.57. The van der Waals surface area contributed by atoms with Gasteiger partial charge in [-0.25, -0.2) is 9.50 Å². The van der Waals surface area contributed by atoms with Crippen molar-refractivity contribution >= 4 is 22.8 Å². The molecule has 5 aromatic rings. The molecule has 9 nitrogen and oxygen atoms in total. The molecule has 176 valence electrons. The van der Waals surface area contributed by atoms with Gasteiger partial charge in [-0.2, -0.15) is 9.90 Å². The van der Waals surface area contributed by atoms with Crippen molar-refractivity contribution in [3.63, 3.8) is 0 Å². The summed E-state index contributed by atoms with van der Waals surface area (Å²) < 4.78 is 1.71. The van der Waals surface area contributed by atoms with Crippen LogP contribution in [0, 0.1) is 0 Å². The molecular weight excluding hydrogens is 460 g/mol. The fraction of sp³-hybridized carbons (Fsp3) is 0.280. The van der Waals surface area contributed by atoms with E-state index in [2.05, 4.69) is 30.4 Å². The van der Waals surface area contributed by atoms with Gasteiger partial charge in [-0.15, -0.1) is 21.5 Å². The number of hydrogen-bond acceptors (Lipinski definition) is 8. The van der Waals surface area contributed by atoms with Gasteiger partial charge in [0.15, 0.2) is 5.65 Å². The van der Waals surface area contributed by atoms with E-state index in [1.165, 1.54) is 30.6 Å². The number of carbonyl (C=O) groups is 1. The molecule has 6 rings (SSSR count). The van der Waals surface area contributed by atoms with E-state index >= 15 is 0 Å². The number of nitrogens with zero attached hydrogens (tertiary/aromatic N) is 8. The van der Waals surface area contributed by atoms with Crippen LogP contribution in [0.3, 0.4) is 0 Å². The zero-order chi connectivity index (χ0) is 23.6. The van der Waals surface area contributed by atoms with Crippen LogP contribution in [0.15, 0.2) is 60.2 Å². The molecule has 1 fully saturated rings. The van der Waals surface area contributed by atoms with Crippen molar-refractivity contribution in [2.24, 2.45) is 0 Å². The van der Waals surface area contributed by atoms with Crippen LogP contribution in [0.5, 0.6) is 0 Å². The largest absolute Gasteiger partial charge is 0.301 e. The average Bonchev–Trinajstić information content (AvgIpc) is 3.69. The molecular formula is C25H24N8OS. The number of likely N-dealkylation sites (tertiary alicyclic amines) is 1. The maximum atomic E-state index is 12.9. The number of tetrazole rings is 1. The van der Waals surface area contributed by atoms with Gasteiger partial charge in [-0.1, -0.05) is 30.7 Å². The first-order chi connectivity index (χ1) is 17.3. The van der Waals surface area contributed by atoms with Gasteiger partial charge in [-0.05, 0) is 54.7 Å². The van der Waals surface area contributed by atoms with Gasteiger partial charge >= 0.3 is 0 Å². The first kappa shape index (κ1) is 21.8. The van der Waals surface area contributed by atoms with Gasteiger partial charge in [0.25, 0.3) is 0 Å². The maximum absolute atomic E-state index is 12.9. The molecule has 5 heterocycles. The summed E-state index contributed by atoms with van der Waals surface area (Å²) in [5.74, 6) is 0.517. The summed E-state index contributed by atoms with van der Waals surface area (Å²) in [4.78, 5) is 22.2. The van der Waals surface area contributed by atoms with Crippen LogP contribution in [-0.2, 0) is 6.54 Å². The van der Waals surface area contributed by atoms with E-state index in [9.17, 15) is 4.79 Å². The van der Waals surface area contributed by atoms with E-state index in [0.717, 1.165) is 43.0 Å². The quantitative estimate of drug-likeness (QED) is 0.324. The Kier molecular flexibility index (Phi) is 5.89. The lowest BCUT2D eigenvalue weighted by molar-refractivity contribution is 0.104. The van der Waals surface area contributed by atoms with Crippen molar-refractivity contribution in [3.05, 3.63) is 70.7 Å². The van der Waals surface area contributed by atoms with E-state index in [0.29, 0.717) is 21.9 Å². The number of fused-ring (bicyclic) bond motifs is 1. The molecule has 10 heteroatoms. The van der Waals surface area contributed by atoms with E-state index in [-0.39, 0.29) is 5.78 Å². The van der Waals surface area contributed by atoms with Crippen LogP contribution >= 0.6 is 11.3 Å². The Morgan fingerprint density at radius 3 is 2.74 bits per heavy atom. The minimum Gasteiger partial charge on any atom is -0.301 e. The number of carbonyl (C=O) groups excluding carboxylic acids is 1. The summed E-state index contributed by atoms with van der Waals surface area (Å²) in [5, 5.41) is 19.5. The third-order valence-corrected chi connectivity index (χ3v) is 7.19. The lowest BCUT2D eigenvalue weighted by Crippen LogP contribution is -2.33. The number of thiophene rings is 1. The molecule has 0 amide bonds. The van der Waals surface area contributed by atoms with Crippen LogP contribution in [0.1, 0.15) is 34.5 Å². The zero-order valence-corrected chi connectivity index (χ0v) is 19.9. The van der Waals surface area contributed by atoms with Gasteiger partial charge in [0.2, 0.25) is 11.6 Å². The number of piperidine rings is 1. The topological polar surface area (TPSA) is 94.1 Å². The predicted octanol–water partition coefficient (Wildman–Crippen LogP) is 3.83. The van der Waals surface area contributed by atoms with E-state index in [4.69, 9.17) is 0 Å². The van der Waals surface area contributed by atoms with Crippen LogP contribution < -0.4 is 0 Å². The van der Waals surface area contributed by atoms with Crippen LogP contribution in [-0.4, -0.2) is 65.1 Å². The summed E-state index contributed by atoms with van der Waals surface area (Å²) in [6.07, 6.45) is 7.16. The second kappa shape index (κ2) is 9.47. The van der Waals surface area contributed by atoms with Gasteiger partial charge in [-0.3, -0.25) is 4.79 Å². The number of rotatable bonds is 7. The lowest BCUT2D eigenvalue weighted by atomic mass is 10.1. The average molecular weight is 485 g/mol. The molecule has 0 N–H and O–H groups in total. The third kappa shape index (κ3) is 4.38.